The average Bonchev–Trinajstić information content (AvgIpc) is 3.38. The zero-order valence-electron chi connectivity index (χ0n) is 17.6. The van der Waals surface area contributed by atoms with E-state index in [1.807, 2.05) is 24.1 Å². The first-order chi connectivity index (χ1) is 15.0. The molecule has 3 fully saturated rings. The molecule has 11 heteroatoms. The number of carbonyl (C=O) groups is 1. The Labute approximate surface area is 181 Å². The second kappa shape index (κ2) is 7.94. The summed E-state index contributed by atoms with van der Waals surface area (Å²) in [7, 11) is -2.99. The molecule has 3 atom stereocenters. The van der Waals surface area contributed by atoms with E-state index < -0.39 is 9.84 Å². The lowest BCUT2D eigenvalue weighted by atomic mass is 9.97. The molecule has 3 aliphatic rings. The molecule has 3 saturated heterocycles. The number of nitrogens with one attached hydrogen (secondary N) is 1. The number of piperidine rings is 1. The van der Waals surface area contributed by atoms with Crippen LogP contribution in [-0.2, 0) is 14.6 Å². The Hall–Kier alpha value is -2.40. The van der Waals surface area contributed by atoms with E-state index in [0.29, 0.717) is 26.2 Å². The van der Waals surface area contributed by atoms with E-state index in [-0.39, 0.29) is 35.8 Å². The molecule has 3 aliphatic heterocycles. The summed E-state index contributed by atoms with van der Waals surface area (Å²) >= 11 is 0. The highest BCUT2D eigenvalue weighted by atomic mass is 32.2. The van der Waals surface area contributed by atoms with Gasteiger partial charge in [-0.15, -0.1) is 0 Å². The predicted octanol–water partition coefficient (Wildman–Crippen LogP) is 1.21. The van der Waals surface area contributed by atoms with Gasteiger partial charge in [0.15, 0.2) is 9.84 Å². The standard InChI is InChI=1S/C20H28N6O4S/c1-2-30-20(27)25-7-3-4-15-16(25)12-17(24-8-10-31(28,29)11-9-24)26(15)19-14-5-6-21-18(14)22-13-23-19/h5-6,13,15-17H,2-4,7-12H2,1H3,(H,21,22,23)/t15-,16-,17?/m1/s1. The van der Waals surface area contributed by atoms with Crippen LogP contribution in [0.25, 0.3) is 11.0 Å². The third-order valence-electron chi connectivity index (χ3n) is 6.75. The van der Waals surface area contributed by atoms with Crippen molar-refractivity contribution >= 4 is 32.8 Å². The molecule has 5 rings (SSSR count). The fourth-order valence-corrected chi connectivity index (χ4v) is 6.57. The lowest BCUT2D eigenvalue weighted by molar-refractivity contribution is 0.0744. The summed E-state index contributed by atoms with van der Waals surface area (Å²) in [6, 6.07) is 2.07. The number of hydrogen-bond acceptors (Lipinski definition) is 8. The number of aromatic nitrogens is 3. The summed E-state index contributed by atoms with van der Waals surface area (Å²) in [6.45, 7) is 3.83. The van der Waals surface area contributed by atoms with E-state index in [4.69, 9.17) is 4.74 Å². The first-order valence-electron chi connectivity index (χ1n) is 10.9. The molecule has 1 unspecified atom stereocenters. The number of likely N-dealkylation sites (tertiary alicyclic amines) is 1. The zero-order chi connectivity index (χ0) is 21.6. The molecule has 0 aliphatic carbocycles. The Morgan fingerprint density at radius 3 is 2.81 bits per heavy atom. The number of fused-ring (bicyclic) bond motifs is 2. The van der Waals surface area contributed by atoms with Crippen molar-refractivity contribution in [3.05, 3.63) is 18.6 Å². The quantitative estimate of drug-likeness (QED) is 0.746. The maximum absolute atomic E-state index is 12.7. The molecule has 168 valence electrons. The maximum atomic E-state index is 12.7. The molecule has 10 nitrogen and oxygen atoms in total. The highest BCUT2D eigenvalue weighted by molar-refractivity contribution is 7.91. The van der Waals surface area contributed by atoms with Crippen LogP contribution >= 0.6 is 0 Å². The SMILES string of the molecule is CCOC(=O)N1CCC[C@@H]2[C@H]1CC(N1CCS(=O)(=O)CC1)N2c1ncnc2[nH]ccc12. The van der Waals surface area contributed by atoms with Gasteiger partial charge < -0.3 is 19.5 Å². The molecule has 5 heterocycles. The van der Waals surface area contributed by atoms with Crippen molar-refractivity contribution in [2.24, 2.45) is 0 Å². The van der Waals surface area contributed by atoms with Gasteiger partial charge in [0.05, 0.1) is 41.7 Å². The highest BCUT2D eigenvalue weighted by Gasteiger charge is 2.50. The number of carbonyl (C=O) groups excluding carboxylic acids is 1. The molecule has 1 amide bonds. The number of ether oxygens (including phenoxy) is 1. The van der Waals surface area contributed by atoms with Crippen molar-refractivity contribution < 1.29 is 17.9 Å². The first kappa shape index (κ1) is 20.5. The third kappa shape index (κ3) is 3.63. The van der Waals surface area contributed by atoms with Crippen LogP contribution in [0.1, 0.15) is 26.2 Å². The molecule has 0 saturated carbocycles. The number of H-pyrrole nitrogens is 1. The highest BCUT2D eigenvalue weighted by Crippen LogP contribution is 2.41. The van der Waals surface area contributed by atoms with Gasteiger partial charge in [-0.25, -0.2) is 23.2 Å². The van der Waals surface area contributed by atoms with Gasteiger partial charge >= 0.3 is 6.09 Å². The van der Waals surface area contributed by atoms with Gasteiger partial charge in [0.2, 0.25) is 0 Å². The number of amides is 1. The van der Waals surface area contributed by atoms with Crippen molar-refractivity contribution in [2.45, 2.75) is 44.4 Å². The number of nitrogens with zero attached hydrogens (tertiary/aromatic N) is 5. The summed E-state index contributed by atoms with van der Waals surface area (Å²) in [5.41, 5.74) is 0.770. The van der Waals surface area contributed by atoms with Gasteiger partial charge in [-0.05, 0) is 25.8 Å². The van der Waals surface area contributed by atoms with Gasteiger partial charge in [-0.3, -0.25) is 4.90 Å². The minimum atomic E-state index is -2.99. The van der Waals surface area contributed by atoms with Crippen LogP contribution < -0.4 is 4.90 Å². The molecule has 2 aromatic rings. The average molecular weight is 449 g/mol. The minimum absolute atomic E-state index is 0.000269. The Kier molecular flexibility index (Phi) is 5.25. The van der Waals surface area contributed by atoms with Crippen LogP contribution in [0.3, 0.4) is 0 Å². The Balaban J connectivity index is 1.53. The predicted molar refractivity (Wildman–Crippen MR) is 116 cm³/mol. The molecule has 0 spiro atoms. The molecular weight excluding hydrogens is 420 g/mol. The van der Waals surface area contributed by atoms with E-state index in [2.05, 4.69) is 24.8 Å². The van der Waals surface area contributed by atoms with Gasteiger partial charge in [-0.2, -0.15) is 0 Å². The van der Waals surface area contributed by atoms with Gasteiger partial charge in [0.25, 0.3) is 0 Å². The normalized spacial score (nSPS) is 28.6. The van der Waals surface area contributed by atoms with Crippen molar-refractivity contribution in [3.8, 4) is 0 Å². The zero-order valence-corrected chi connectivity index (χ0v) is 18.4. The summed E-state index contributed by atoms with van der Waals surface area (Å²) < 4.78 is 29.4. The van der Waals surface area contributed by atoms with Crippen LogP contribution in [0.2, 0.25) is 0 Å². The Bertz CT molecular complexity index is 1060. The molecular formula is C20H28N6O4S. The third-order valence-corrected chi connectivity index (χ3v) is 8.36. The van der Waals surface area contributed by atoms with E-state index in [1.54, 1.807) is 6.33 Å². The Morgan fingerprint density at radius 2 is 2.03 bits per heavy atom. The first-order valence-corrected chi connectivity index (χ1v) is 12.7. The smallest absolute Gasteiger partial charge is 0.410 e. The lowest BCUT2D eigenvalue weighted by Crippen LogP contribution is -2.55. The number of sulfone groups is 1. The molecule has 0 bridgehead atoms. The minimum Gasteiger partial charge on any atom is -0.450 e. The van der Waals surface area contributed by atoms with Crippen LogP contribution in [0.4, 0.5) is 10.6 Å². The number of hydrogen-bond donors (Lipinski definition) is 1. The number of aromatic amines is 1. The van der Waals surface area contributed by atoms with Crippen LogP contribution in [0.5, 0.6) is 0 Å². The largest absolute Gasteiger partial charge is 0.450 e. The van der Waals surface area contributed by atoms with Gasteiger partial charge in [-0.1, -0.05) is 0 Å². The number of rotatable bonds is 3. The fourth-order valence-electron chi connectivity index (χ4n) is 5.34. The van der Waals surface area contributed by atoms with E-state index >= 15 is 0 Å². The Morgan fingerprint density at radius 1 is 1.23 bits per heavy atom. The molecule has 2 aromatic heterocycles. The van der Waals surface area contributed by atoms with Crippen molar-refractivity contribution in [1.82, 2.24) is 24.8 Å². The van der Waals surface area contributed by atoms with E-state index in [0.717, 1.165) is 36.1 Å². The molecule has 0 aromatic carbocycles. The van der Waals surface area contributed by atoms with E-state index in [1.165, 1.54) is 0 Å². The maximum Gasteiger partial charge on any atom is 0.410 e. The summed E-state index contributed by atoms with van der Waals surface area (Å²) in [5, 5.41) is 0.936. The molecule has 31 heavy (non-hydrogen) atoms. The summed E-state index contributed by atoms with van der Waals surface area (Å²) in [4.78, 5) is 31.2. The van der Waals surface area contributed by atoms with Crippen LogP contribution in [-0.4, -0.2) is 95.3 Å². The second-order valence-corrected chi connectivity index (χ2v) is 10.7. The van der Waals surface area contributed by atoms with Crippen molar-refractivity contribution in [2.75, 3.05) is 42.6 Å². The lowest BCUT2D eigenvalue weighted by Gasteiger charge is -2.42. The topological polar surface area (TPSA) is 112 Å². The fraction of sp³-hybridized carbons (Fsp3) is 0.650. The molecule has 1 N–H and O–H groups in total. The van der Waals surface area contributed by atoms with Gasteiger partial charge in [0.1, 0.15) is 17.8 Å². The summed E-state index contributed by atoms with van der Waals surface area (Å²) in [6.07, 6.45) is 5.68. The molecule has 0 radical (unpaired) electrons. The van der Waals surface area contributed by atoms with Crippen molar-refractivity contribution in [1.29, 1.82) is 0 Å². The number of anilines is 1. The van der Waals surface area contributed by atoms with Gasteiger partial charge in [0, 0.05) is 32.3 Å². The summed E-state index contributed by atoms with van der Waals surface area (Å²) in [5.74, 6) is 1.16. The van der Waals surface area contributed by atoms with Crippen LogP contribution in [0.15, 0.2) is 18.6 Å². The monoisotopic (exact) mass is 448 g/mol. The second-order valence-electron chi connectivity index (χ2n) is 8.42. The van der Waals surface area contributed by atoms with E-state index in [9.17, 15) is 13.2 Å². The van der Waals surface area contributed by atoms with Crippen LogP contribution in [0, 0.1) is 0 Å². The van der Waals surface area contributed by atoms with Crippen molar-refractivity contribution in [3.63, 3.8) is 0 Å².